The van der Waals surface area contributed by atoms with E-state index in [0.29, 0.717) is 12.0 Å². The molecule has 0 aliphatic carbocycles. The summed E-state index contributed by atoms with van der Waals surface area (Å²) in [5.74, 6) is 0.699. The number of ether oxygens (including phenoxy) is 3. The van der Waals surface area contributed by atoms with Gasteiger partial charge >= 0.3 is 0 Å². The predicted molar refractivity (Wildman–Crippen MR) is 80.5 cm³/mol. The average Bonchev–Trinajstić information content (AvgIpc) is 2.48. The minimum atomic E-state index is 0. The molecule has 0 saturated carbocycles. The Morgan fingerprint density at radius 2 is 2.00 bits per heavy atom. The molecule has 20 heavy (non-hydrogen) atoms. The van der Waals surface area contributed by atoms with Gasteiger partial charge in [-0.25, -0.2) is 0 Å². The van der Waals surface area contributed by atoms with E-state index in [1.54, 1.807) is 0 Å². The van der Waals surface area contributed by atoms with Crippen molar-refractivity contribution in [3.8, 4) is 0 Å². The highest BCUT2D eigenvalue weighted by molar-refractivity contribution is 5.85. The minimum Gasteiger partial charge on any atom is -0.381 e. The normalized spacial score (nSPS) is 35.1. The van der Waals surface area contributed by atoms with E-state index in [-0.39, 0.29) is 17.8 Å². The molecule has 118 valence electrons. The van der Waals surface area contributed by atoms with E-state index in [4.69, 9.17) is 14.2 Å². The third-order valence-electron chi connectivity index (χ3n) is 4.97. The molecule has 3 fully saturated rings. The molecule has 3 rings (SSSR count). The summed E-state index contributed by atoms with van der Waals surface area (Å²) in [4.78, 5) is 0. The van der Waals surface area contributed by atoms with Crippen LogP contribution < -0.4 is 5.32 Å². The average molecular weight is 306 g/mol. The number of hydrogen-bond acceptors (Lipinski definition) is 4. The third-order valence-corrected chi connectivity index (χ3v) is 4.97. The monoisotopic (exact) mass is 305 g/mol. The van der Waals surface area contributed by atoms with E-state index in [1.165, 1.54) is 12.8 Å². The fourth-order valence-electron chi connectivity index (χ4n) is 3.71. The molecule has 0 radical (unpaired) electrons. The Morgan fingerprint density at radius 3 is 2.85 bits per heavy atom. The highest BCUT2D eigenvalue weighted by Crippen LogP contribution is 2.38. The maximum atomic E-state index is 6.10. The zero-order valence-corrected chi connectivity index (χ0v) is 13.1. The number of fused-ring (bicyclic) bond motifs is 1. The van der Waals surface area contributed by atoms with Gasteiger partial charge in [-0.1, -0.05) is 0 Å². The summed E-state index contributed by atoms with van der Waals surface area (Å²) in [5, 5.41) is 3.53. The van der Waals surface area contributed by atoms with Crippen LogP contribution in [0.1, 0.15) is 32.1 Å². The van der Waals surface area contributed by atoms with E-state index >= 15 is 0 Å². The molecule has 0 aromatic rings. The summed E-state index contributed by atoms with van der Waals surface area (Å²) < 4.78 is 17.5. The molecular weight excluding hydrogens is 278 g/mol. The molecule has 0 bridgehead atoms. The largest absolute Gasteiger partial charge is 0.381 e. The van der Waals surface area contributed by atoms with Crippen molar-refractivity contribution >= 4 is 12.4 Å². The van der Waals surface area contributed by atoms with Crippen molar-refractivity contribution in [1.82, 2.24) is 5.32 Å². The third kappa shape index (κ3) is 3.86. The lowest BCUT2D eigenvalue weighted by molar-refractivity contribution is -0.134. The summed E-state index contributed by atoms with van der Waals surface area (Å²) >= 11 is 0. The first-order chi connectivity index (χ1) is 9.39. The van der Waals surface area contributed by atoms with Crippen LogP contribution in [0, 0.1) is 11.3 Å². The van der Waals surface area contributed by atoms with Gasteiger partial charge in [-0.2, -0.15) is 0 Å². The minimum absolute atomic E-state index is 0. The Hall–Kier alpha value is 0.130. The molecule has 1 N–H and O–H groups in total. The molecule has 2 atom stereocenters. The van der Waals surface area contributed by atoms with E-state index in [2.05, 4.69) is 5.32 Å². The molecule has 3 heterocycles. The van der Waals surface area contributed by atoms with Gasteiger partial charge in [0.25, 0.3) is 0 Å². The van der Waals surface area contributed by atoms with Crippen LogP contribution in [0.3, 0.4) is 0 Å². The molecule has 5 heteroatoms. The van der Waals surface area contributed by atoms with E-state index in [0.717, 1.165) is 65.4 Å². The number of hydrogen-bond donors (Lipinski definition) is 1. The molecule has 0 aromatic carbocycles. The second-order valence-electron chi connectivity index (χ2n) is 6.36. The summed E-state index contributed by atoms with van der Waals surface area (Å²) in [6.45, 7) is 6.67. The van der Waals surface area contributed by atoms with Crippen molar-refractivity contribution in [2.24, 2.45) is 11.3 Å². The van der Waals surface area contributed by atoms with Crippen molar-refractivity contribution in [2.75, 3.05) is 46.1 Å². The quantitative estimate of drug-likeness (QED) is 0.862. The lowest BCUT2D eigenvalue weighted by atomic mass is 9.73. The maximum absolute atomic E-state index is 6.10. The van der Waals surface area contributed by atoms with E-state index in [9.17, 15) is 0 Å². The topological polar surface area (TPSA) is 39.7 Å². The molecule has 4 nitrogen and oxygen atoms in total. The smallest absolute Gasteiger partial charge is 0.0677 e. The summed E-state index contributed by atoms with van der Waals surface area (Å²) in [7, 11) is 0. The van der Waals surface area contributed by atoms with Crippen molar-refractivity contribution in [2.45, 2.75) is 38.2 Å². The van der Waals surface area contributed by atoms with Crippen molar-refractivity contribution < 1.29 is 14.2 Å². The van der Waals surface area contributed by atoms with Gasteiger partial charge < -0.3 is 19.5 Å². The summed E-state index contributed by atoms with van der Waals surface area (Å²) in [5.41, 5.74) is 0.238. The molecule has 0 aromatic heterocycles. The summed E-state index contributed by atoms with van der Waals surface area (Å²) in [6.07, 6.45) is 6.30. The lowest BCUT2D eigenvalue weighted by Crippen LogP contribution is -2.55. The molecule has 3 aliphatic heterocycles. The van der Waals surface area contributed by atoms with Crippen molar-refractivity contribution in [3.63, 3.8) is 0 Å². The van der Waals surface area contributed by atoms with Gasteiger partial charge in [0, 0.05) is 38.4 Å². The first kappa shape index (κ1) is 16.5. The Kier molecular flexibility index (Phi) is 6.56. The van der Waals surface area contributed by atoms with E-state index in [1.807, 2.05) is 0 Å². The SMILES string of the molecule is C1COC2CCNCC2(COCC2CCOCC2)C1.Cl. The number of halogens is 1. The lowest BCUT2D eigenvalue weighted by Gasteiger charge is -2.47. The first-order valence-electron chi connectivity index (χ1n) is 7.87. The number of nitrogens with one attached hydrogen (secondary N) is 1. The molecule has 0 spiro atoms. The van der Waals surface area contributed by atoms with Gasteiger partial charge in [-0.05, 0) is 44.6 Å². The van der Waals surface area contributed by atoms with Crippen LogP contribution in [-0.4, -0.2) is 52.2 Å². The molecular formula is C15H28ClNO3. The van der Waals surface area contributed by atoms with Crippen molar-refractivity contribution in [1.29, 1.82) is 0 Å². The number of rotatable bonds is 4. The fourth-order valence-corrected chi connectivity index (χ4v) is 3.71. The van der Waals surface area contributed by atoms with Crippen LogP contribution in [-0.2, 0) is 14.2 Å². The fraction of sp³-hybridized carbons (Fsp3) is 1.00. The van der Waals surface area contributed by atoms with Gasteiger partial charge in [0.1, 0.15) is 0 Å². The van der Waals surface area contributed by atoms with E-state index < -0.39 is 0 Å². The molecule has 3 aliphatic rings. The zero-order chi connectivity index (χ0) is 13.0. The van der Waals surface area contributed by atoms with Crippen LogP contribution in [0.5, 0.6) is 0 Å². The molecule has 3 saturated heterocycles. The maximum Gasteiger partial charge on any atom is 0.0677 e. The highest BCUT2D eigenvalue weighted by atomic mass is 35.5. The van der Waals surface area contributed by atoms with Crippen LogP contribution in [0.2, 0.25) is 0 Å². The zero-order valence-electron chi connectivity index (χ0n) is 12.3. The van der Waals surface area contributed by atoms with Crippen LogP contribution in [0.4, 0.5) is 0 Å². The van der Waals surface area contributed by atoms with Gasteiger partial charge in [0.05, 0.1) is 12.7 Å². The second-order valence-corrected chi connectivity index (χ2v) is 6.36. The Balaban J connectivity index is 0.00000147. The molecule has 0 amide bonds. The first-order valence-corrected chi connectivity index (χ1v) is 7.87. The van der Waals surface area contributed by atoms with Crippen molar-refractivity contribution in [3.05, 3.63) is 0 Å². The van der Waals surface area contributed by atoms with Gasteiger partial charge in [0.15, 0.2) is 0 Å². The van der Waals surface area contributed by atoms with Crippen LogP contribution >= 0.6 is 12.4 Å². The molecule has 2 unspecified atom stereocenters. The Bertz CT molecular complexity index is 272. The Labute approximate surface area is 128 Å². The van der Waals surface area contributed by atoms with Crippen LogP contribution in [0.25, 0.3) is 0 Å². The van der Waals surface area contributed by atoms with Gasteiger partial charge in [-0.3, -0.25) is 0 Å². The van der Waals surface area contributed by atoms with Gasteiger partial charge in [-0.15, -0.1) is 12.4 Å². The second kappa shape index (κ2) is 7.95. The Morgan fingerprint density at radius 1 is 1.15 bits per heavy atom. The standard InChI is InChI=1S/C15H27NO3.ClH/c1-5-15(11-16-6-2-14(15)19-7-1)12-18-10-13-3-8-17-9-4-13;/h13-14,16H,1-12H2;1H. The number of piperidine rings is 1. The summed E-state index contributed by atoms with van der Waals surface area (Å²) in [6, 6.07) is 0. The predicted octanol–water partition coefficient (Wildman–Crippen LogP) is 2.01. The van der Waals surface area contributed by atoms with Crippen LogP contribution in [0.15, 0.2) is 0 Å². The highest BCUT2D eigenvalue weighted by Gasteiger charge is 2.43. The van der Waals surface area contributed by atoms with Gasteiger partial charge in [0.2, 0.25) is 0 Å².